The maximum atomic E-state index is 10.4. The quantitative estimate of drug-likeness (QED) is 0.596. The standard InChI is InChI=1S/C2HClN2O2S2/c3-9(6,7)2-1-8-5-4-2/h1H. The lowest BCUT2D eigenvalue weighted by Crippen LogP contribution is -1.89. The average Bonchev–Trinajstić information content (AvgIpc) is 2.08. The fourth-order valence-electron chi connectivity index (χ4n) is 0.262. The Labute approximate surface area is 60.1 Å². The molecule has 0 aliphatic heterocycles. The summed E-state index contributed by atoms with van der Waals surface area (Å²) in [6.45, 7) is 0. The van der Waals surface area contributed by atoms with Gasteiger partial charge in [-0.2, -0.15) is 0 Å². The topological polar surface area (TPSA) is 59.9 Å². The predicted octanol–water partition coefficient (Wildman–Crippen LogP) is 0.466. The first-order valence-corrected chi connectivity index (χ1v) is 4.97. The number of halogens is 1. The van der Waals surface area contributed by atoms with Gasteiger partial charge in [0.15, 0.2) is 0 Å². The molecule has 1 aromatic rings. The average molecular weight is 185 g/mol. The van der Waals surface area contributed by atoms with Crippen LogP contribution in [-0.4, -0.2) is 18.0 Å². The third-order valence-electron chi connectivity index (χ3n) is 0.590. The molecule has 0 aliphatic rings. The van der Waals surface area contributed by atoms with Gasteiger partial charge in [0.25, 0.3) is 9.05 Å². The van der Waals surface area contributed by atoms with E-state index in [0.717, 1.165) is 11.5 Å². The van der Waals surface area contributed by atoms with E-state index >= 15 is 0 Å². The van der Waals surface area contributed by atoms with Crippen LogP contribution in [0.3, 0.4) is 0 Å². The molecule has 0 saturated heterocycles. The molecular formula is C2HClN2O2S2. The lowest BCUT2D eigenvalue weighted by atomic mass is 11.0. The largest absolute Gasteiger partial charge is 0.281 e. The Morgan fingerprint density at radius 3 is 2.56 bits per heavy atom. The van der Waals surface area contributed by atoms with Gasteiger partial charge in [-0.3, -0.25) is 0 Å². The minimum absolute atomic E-state index is 0.186. The molecule has 0 bridgehead atoms. The van der Waals surface area contributed by atoms with Crippen molar-refractivity contribution in [2.45, 2.75) is 5.03 Å². The summed E-state index contributed by atoms with van der Waals surface area (Å²) in [4.78, 5) is 0. The molecule has 0 N–H and O–H groups in total. The van der Waals surface area contributed by atoms with Crippen molar-refractivity contribution in [1.82, 2.24) is 9.59 Å². The minimum Gasteiger partial charge on any atom is -0.205 e. The smallest absolute Gasteiger partial charge is 0.205 e. The molecule has 0 atom stereocenters. The second kappa shape index (κ2) is 2.20. The SMILES string of the molecule is O=S(=O)(Cl)c1csnn1. The van der Waals surface area contributed by atoms with Gasteiger partial charge in [-0.1, -0.05) is 4.49 Å². The molecule has 0 saturated carbocycles. The van der Waals surface area contributed by atoms with Gasteiger partial charge < -0.3 is 0 Å². The zero-order chi connectivity index (χ0) is 6.91. The van der Waals surface area contributed by atoms with Crippen molar-refractivity contribution in [1.29, 1.82) is 0 Å². The van der Waals surface area contributed by atoms with E-state index < -0.39 is 9.05 Å². The molecule has 1 aromatic heterocycles. The van der Waals surface area contributed by atoms with E-state index in [1.54, 1.807) is 0 Å². The molecule has 0 aromatic carbocycles. The van der Waals surface area contributed by atoms with Crippen molar-refractivity contribution < 1.29 is 8.42 Å². The predicted molar refractivity (Wildman–Crippen MR) is 32.9 cm³/mol. The van der Waals surface area contributed by atoms with Gasteiger partial charge in [0.1, 0.15) is 0 Å². The Balaban J connectivity index is 3.20. The van der Waals surface area contributed by atoms with E-state index in [4.69, 9.17) is 10.7 Å². The van der Waals surface area contributed by atoms with Crippen LogP contribution >= 0.6 is 22.2 Å². The maximum Gasteiger partial charge on any atom is 0.281 e. The molecule has 0 radical (unpaired) electrons. The molecule has 9 heavy (non-hydrogen) atoms. The van der Waals surface area contributed by atoms with Gasteiger partial charge in [0.05, 0.1) is 5.38 Å². The molecule has 0 amide bonds. The fraction of sp³-hybridized carbons (Fsp3) is 0. The van der Waals surface area contributed by atoms with Crippen LogP contribution in [0.2, 0.25) is 0 Å². The van der Waals surface area contributed by atoms with Crippen molar-refractivity contribution >= 4 is 31.3 Å². The Morgan fingerprint density at radius 2 is 2.33 bits per heavy atom. The van der Waals surface area contributed by atoms with Gasteiger partial charge in [-0.25, -0.2) is 8.42 Å². The third kappa shape index (κ3) is 1.60. The Hall–Kier alpha value is -0.200. The van der Waals surface area contributed by atoms with Crippen LogP contribution in [0.1, 0.15) is 0 Å². The monoisotopic (exact) mass is 184 g/mol. The van der Waals surface area contributed by atoms with Crippen LogP contribution in [0.5, 0.6) is 0 Å². The fourth-order valence-corrected chi connectivity index (χ4v) is 1.78. The Kier molecular flexibility index (Phi) is 1.69. The van der Waals surface area contributed by atoms with Crippen LogP contribution in [-0.2, 0) is 9.05 Å². The molecule has 0 fully saturated rings. The zero-order valence-corrected chi connectivity index (χ0v) is 6.37. The molecule has 0 unspecified atom stereocenters. The van der Waals surface area contributed by atoms with E-state index in [1.165, 1.54) is 5.38 Å². The summed E-state index contributed by atoms with van der Waals surface area (Å²) in [5.41, 5.74) is 0. The molecular weight excluding hydrogens is 184 g/mol. The molecule has 1 heterocycles. The summed E-state index contributed by atoms with van der Waals surface area (Å²) in [5.74, 6) is 0. The number of aromatic nitrogens is 2. The highest BCUT2D eigenvalue weighted by molar-refractivity contribution is 8.13. The van der Waals surface area contributed by atoms with E-state index in [1.807, 2.05) is 0 Å². The number of nitrogens with zero attached hydrogens (tertiary/aromatic N) is 2. The molecule has 7 heteroatoms. The van der Waals surface area contributed by atoms with Crippen molar-refractivity contribution in [3.63, 3.8) is 0 Å². The first-order chi connectivity index (χ1) is 4.11. The second-order valence-corrected chi connectivity index (χ2v) is 4.30. The second-order valence-electron chi connectivity index (χ2n) is 1.18. The third-order valence-corrected chi connectivity index (χ3v) is 2.42. The summed E-state index contributed by atoms with van der Waals surface area (Å²) in [5, 5.41) is 4.32. The van der Waals surface area contributed by atoms with E-state index in [-0.39, 0.29) is 5.03 Å². The number of hydrogen-bond donors (Lipinski definition) is 0. The summed E-state index contributed by atoms with van der Waals surface area (Å²) in [6, 6.07) is 0. The van der Waals surface area contributed by atoms with Crippen LogP contribution < -0.4 is 0 Å². The molecule has 4 nitrogen and oxygen atoms in total. The van der Waals surface area contributed by atoms with E-state index in [0.29, 0.717) is 0 Å². The van der Waals surface area contributed by atoms with Gasteiger partial charge >= 0.3 is 0 Å². The first-order valence-electron chi connectivity index (χ1n) is 1.82. The van der Waals surface area contributed by atoms with Gasteiger partial charge in [-0.05, 0) is 11.5 Å². The molecule has 0 aliphatic carbocycles. The number of rotatable bonds is 1. The van der Waals surface area contributed by atoms with Crippen LogP contribution in [0, 0.1) is 0 Å². The summed E-state index contributed by atoms with van der Waals surface area (Å²) >= 11 is 0.942. The maximum absolute atomic E-state index is 10.4. The van der Waals surface area contributed by atoms with Gasteiger partial charge in [0.2, 0.25) is 5.03 Å². The highest BCUT2D eigenvalue weighted by atomic mass is 35.7. The van der Waals surface area contributed by atoms with Crippen LogP contribution in [0.4, 0.5) is 0 Å². The summed E-state index contributed by atoms with van der Waals surface area (Å²) in [7, 11) is 1.23. The van der Waals surface area contributed by atoms with E-state index in [2.05, 4.69) is 9.59 Å². The molecule has 1 rings (SSSR count). The lowest BCUT2D eigenvalue weighted by Gasteiger charge is -1.80. The molecule has 0 spiro atoms. The Morgan fingerprint density at radius 1 is 1.67 bits per heavy atom. The summed E-state index contributed by atoms with van der Waals surface area (Å²) in [6.07, 6.45) is 0. The van der Waals surface area contributed by atoms with Crippen molar-refractivity contribution in [3.05, 3.63) is 5.38 Å². The highest BCUT2D eigenvalue weighted by Gasteiger charge is 2.11. The first kappa shape index (κ1) is 6.91. The minimum atomic E-state index is -3.65. The highest BCUT2D eigenvalue weighted by Crippen LogP contribution is 2.11. The van der Waals surface area contributed by atoms with Gasteiger partial charge in [0, 0.05) is 10.7 Å². The van der Waals surface area contributed by atoms with Crippen LogP contribution in [0.25, 0.3) is 0 Å². The van der Waals surface area contributed by atoms with E-state index in [9.17, 15) is 8.42 Å². The lowest BCUT2D eigenvalue weighted by molar-refractivity contribution is 0.606. The van der Waals surface area contributed by atoms with Gasteiger partial charge in [-0.15, -0.1) is 5.10 Å². The zero-order valence-electron chi connectivity index (χ0n) is 3.98. The Bertz CT molecular complexity index is 278. The summed E-state index contributed by atoms with van der Waals surface area (Å²) < 4.78 is 24.0. The van der Waals surface area contributed by atoms with Crippen molar-refractivity contribution in [2.24, 2.45) is 0 Å². The van der Waals surface area contributed by atoms with Crippen molar-refractivity contribution in [3.8, 4) is 0 Å². The normalized spacial score (nSPS) is 11.7. The number of hydrogen-bond acceptors (Lipinski definition) is 5. The van der Waals surface area contributed by atoms with Crippen molar-refractivity contribution in [2.75, 3.05) is 0 Å². The molecule has 50 valence electrons. The van der Waals surface area contributed by atoms with Crippen LogP contribution in [0.15, 0.2) is 10.4 Å².